The van der Waals surface area contributed by atoms with Gasteiger partial charge in [-0.3, -0.25) is 19.3 Å². The lowest BCUT2D eigenvalue weighted by Crippen LogP contribution is -2.29. The molecule has 1 aliphatic heterocycles. The van der Waals surface area contributed by atoms with Crippen molar-refractivity contribution in [2.24, 2.45) is 0 Å². The topological polar surface area (TPSA) is 88.6 Å². The van der Waals surface area contributed by atoms with E-state index in [0.717, 1.165) is 0 Å². The molecular weight excluding hydrogens is 382 g/mol. The fraction of sp³-hybridized carbons (Fsp3) is 0.130. The molecule has 7 heteroatoms. The van der Waals surface area contributed by atoms with Crippen LogP contribution in [0.15, 0.2) is 66.9 Å². The van der Waals surface area contributed by atoms with Gasteiger partial charge in [-0.1, -0.05) is 24.3 Å². The average Bonchev–Trinajstić information content (AvgIpc) is 3.00. The molecule has 2 heterocycles. The van der Waals surface area contributed by atoms with E-state index in [4.69, 9.17) is 4.74 Å². The predicted octanol–water partition coefficient (Wildman–Crippen LogP) is 3.53. The molecule has 0 saturated heterocycles. The number of benzene rings is 2. The van der Waals surface area contributed by atoms with Crippen LogP contribution in [-0.2, 0) is 6.54 Å². The Morgan fingerprint density at radius 3 is 2.33 bits per heavy atom. The Labute approximate surface area is 173 Å². The van der Waals surface area contributed by atoms with Crippen LogP contribution in [0, 0.1) is 0 Å². The smallest absolute Gasteiger partial charge is 0.261 e. The van der Waals surface area contributed by atoms with Crippen LogP contribution in [0.25, 0.3) is 0 Å². The summed E-state index contributed by atoms with van der Waals surface area (Å²) in [6, 6.07) is 17.0. The first-order valence-corrected chi connectivity index (χ1v) is 9.52. The second kappa shape index (κ2) is 8.16. The zero-order valence-electron chi connectivity index (χ0n) is 16.3. The second-order valence-electron chi connectivity index (χ2n) is 6.67. The van der Waals surface area contributed by atoms with E-state index in [9.17, 15) is 14.4 Å². The molecule has 1 aromatic heterocycles. The average molecular weight is 401 g/mol. The number of aromatic nitrogens is 1. The summed E-state index contributed by atoms with van der Waals surface area (Å²) in [5.74, 6) is -0.248. The third-order valence-corrected chi connectivity index (χ3v) is 4.71. The number of ether oxygens (including phenoxy) is 1. The maximum absolute atomic E-state index is 12.8. The molecule has 1 N–H and O–H groups in total. The van der Waals surface area contributed by atoms with Gasteiger partial charge in [-0.15, -0.1) is 0 Å². The van der Waals surface area contributed by atoms with Crippen molar-refractivity contribution in [3.63, 3.8) is 0 Å². The van der Waals surface area contributed by atoms with Crippen LogP contribution >= 0.6 is 0 Å². The second-order valence-corrected chi connectivity index (χ2v) is 6.67. The van der Waals surface area contributed by atoms with Crippen LogP contribution in [0.3, 0.4) is 0 Å². The Hall–Kier alpha value is -4.00. The lowest BCUT2D eigenvalue weighted by atomic mass is 10.1. The van der Waals surface area contributed by atoms with Crippen LogP contribution < -0.4 is 10.1 Å². The van der Waals surface area contributed by atoms with Crippen molar-refractivity contribution in [3.05, 3.63) is 89.1 Å². The number of nitrogens with zero attached hydrogens (tertiary/aromatic N) is 2. The third kappa shape index (κ3) is 3.65. The fourth-order valence-corrected chi connectivity index (χ4v) is 3.32. The van der Waals surface area contributed by atoms with Gasteiger partial charge in [0.25, 0.3) is 17.7 Å². The highest BCUT2D eigenvalue weighted by Gasteiger charge is 2.35. The number of hydrogen-bond acceptors (Lipinski definition) is 5. The molecule has 0 aliphatic carbocycles. The maximum Gasteiger partial charge on any atom is 0.261 e. The summed E-state index contributed by atoms with van der Waals surface area (Å²) >= 11 is 0. The SMILES string of the molecule is CCOc1ccc(CN2C(=O)c3ccccc3C2=O)cc1C(=O)Nc1ccccn1. The van der Waals surface area contributed by atoms with Crippen molar-refractivity contribution >= 4 is 23.5 Å². The van der Waals surface area contributed by atoms with Crippen LogP contribution in [-0.4, -0.2) is 34.2 Å². The number of nitrogens with one attached hydrogen (secondary N) is 1. The van der Waals surface area contributed by atoms with Crippen LogP contribution in [0.1, 0.15) is 43.6 Å². The van der Waals surface area contributed by atoms with E-state index in [1.165, 1.54) is 4.90 Å². The number of anilines is 1. The number of rotatable bonds is 6. The van der Waals surface area contributed by atoms with E-state index in [1.54, 1.807) is 66.9 Å². The van der Waals surface area contributed by atoms with Gasteiger partial charge in [0, 0.05) is 6.20 Å². The lowest BCUT2D eigenvalue weighted by Gasteiger charge is -2.16. The van der Waals surface area contributed by atoms with Crippen molar-refractivity contribution in [3.8, 4) is 5.75 Å². The molecule has 2 aromatic carbocycles. The minimum atomic E-state index is -0.388. The third-order valence-electron chi connectivity index (χ3n) is 4.71. The van der Waals surface area contributed by atoms with E-state index in [-0.39, 0.29) is 24.3 Å². The molecule has 0 bridgehead atoms. The number of pyridine rings is 1. The maximum atomic E-state index is 12.8. The number of carbonyl (C=O) groups is 3. The first-order chi connectivity index (χ1) is 14.6. The van der Waals surface area contributed by atoms with Gasteiger partial charge in [-0.05, 0) is 48.9 Å². The van der Waals surface area contributed by atoms with Gasteiger partial charge >= 0.3 is 0 Å². The number of carbonyl (C=O) groups excluding carboxylic acids is 3. The number of imide groups is 1. The summed E-state index contributed by atoms with van der Waals surface area (Å²) in [6.45, 7) is 2.28. The van der Waals surface area contributed by atoms with Crippen molar-refractivity contribution in [2.45, 2.75) is 13.5 Å². The summed E-state index contributed by atoms with van der Waals surface area (Å²) in [6.07, 6.45) is 1.58. The molecule has 7 nitrogen and oxygen atoms in total. The summed E-state index contributed by atoms with van der Waals surface area (Å²) < 4.78 is 5.59. The number of fused-ring (bicyclic) bond motifs is 1. The zero-order valence-corrected chi connectivity index (χ0v) is 16.3. The number of amides is 3. The molecule has 3 aromatic rings. The fourth-order valence-electron chi connectivity index (χ4n) is 3.32. The Bertz CT molecular complexity index is 1090. The quantitative estimate of drug-likeness (QED) is 0.639. The van der Waals surface area contributed by atoms with E-state index in [0.29, 0.717) is 40.4 Å². The summed E-state index contributed by atoms with van der Waals surface area (Å²) in [7, 11) is 0. The molecule has 0 fully saturated rings. The normalized spacial score (nSPS) is 12.6. The van der Waals surface area contributed by atoms with Gasteiger partial charge in [0.1, 0.15) is 11.6 Å². The van der Waals surface area contributed by atoms with E-state index in [1.807, 2.05) is 6.92 Å². The highest BCUT2D eigenvalue weighted by molar-refractivity contribution is 6.21. The van der Waals surface area contributed by atoms with E-state index < -0.39 is 0 Å². The minimum Gasteiger partial charge on any atom is -0.493 e. The van der Waals surface area contributed by atoms with Gasteiger partial charge in [-0.25, -0.2) is 4.98 Å². The molecule has 0 atom stereocenters. The minimum absolute atomic E-state index is 0.0582. The first-order valence-electron chi connectivity index (χ1n) is 9.52. The van der Waals surface area contributed by atoms with Crippen molar-refractivity contribution in [2.75, 3.05) is 11.9 Å². The van der Waals surface area contributed by atoms with Gasteiger partial charge in [0.05, 0.1) is 29.8 Å². The molecule has 3 amide bonds. The van der Waals surface area contributed by atoms with Gasteiger partial charge in [0.15, 0.2) is 0 Å². The van der Waals surface area contributed by atoms with Crippen LogP contribution in [0.4, 0.5) is 5.82 Å². The lowest BCUT2D eigenvalue weighted by molar-refractivity contribution is 0.0642. The molecule has 150 valence electrons. The molecule has 0 saturated carbocycles. The Kier molecular flexibility index (Phi) is 5.26. The van der Waals surface area contributed by atoms with Crippen molar-refractivity contribution in [1.82, 2.24) is 9.88 Å². The van der Waals surface area contributed by atoms with Crippen molar-refractivity contribution < 1.29 is 19.1 Å². The van der Waals surface area contributed by atoms with Crippen LogP contribution in [0.2, 0.25) is 0 Å². The summed E-state index contributed by atoms with van der Waals surface area (Å²) in [5, 5.41) is 2.73. The first kappa shape index (κ1) is 19.3. The highest BCUT2D eigenvalue weighted by atomic mass is 16.5. The largest absolute Gasteiger partial charge is 0.493 e. The Balaban J connectivity index is 1.61. The number of hydrogen-bond donors (Lipinski definition) is 1. The van der Waals surface area contributed by atoms with Gasteiger partial charge in [-0.2, -0.15) is 0 Å². The Morgan fingerprint density at radius 2 is 1.70 bits per heavy atom. The molecule has 1 aliphatic rings. The summed E-state index contributed by atoms with van der Waals surface area (Å²) in [5.41, 5.74) is 1.72. The standard InChI is InChI=1S/C23H19N3O4/c1-2-30-19-11-10-15(13-18(19)21(27)25-20-9-5-6-12-24-20)14-26-22(28)16-7-3-4-8-17(16)23(26)29/h3-13H,2,14H2,1H3,(H,24,25,27). The monoisotopic (exact) mass is 401 g/mol. The molecule has 0 unspecified atom stereocenters. The van der Waals surface area contributed by atoms with E-state index >= 15 is 0 Å². The van der Waals surface area contributed by atoms with E-state index in [2.05, 4.69) is 10.3 Å². The molecule has 0 radical (unpaired) electrons. The van der Waals surface area contributed by atoms with Gasteiger partial charge in [0.2, 0.25) is 0 Å². The van der Waals surface area contributed by atoms with Crippen LogP contribution in [0.5, 0.6) is 5.75 Å². The van der Waals surface area contributed by atoms with Crippen molar-refractivity contribution in [1.29, 1.82) is 0 Å². The molecule has 4 rings (SSSR count). The Morgan fingerprint density at radius 1 is 1.00 bits per heavy atom. The zero-order chi connectivity index (χ0) is 21.1. The molecule has 0 spiro atoms. The highest BCUT2D eigenvalue weighted by Crippen LogP contribution is 2.27. The van der Waals surface area contributed by atoms with Gasteiger partial charge < -0.3 is 10.1 Å². The molecule has 30 heavy (non-hydrogen) atoms. The molecular formula is C23H19N3O4. The summed E-state index contributed by atoms with van der Waals surface area (Å²) in [4.78, 5) is 43.4. The predicted molar refractivity (Wildman–Crippen MR) is 110 cm³/mol.